The summed E-state index contributed by atoms with van der Waals surface area (Å²) >= 11 is 0. The minimum atomic E-state index is -0.00147. The van der Waals surface area contributed by atoms with Crippen LogP contribution in [0.25, 0.3) is 0 Å². The third-order valence-corrected chi connectivity index (χ3v) is 3.39. The minimum absolute atomic E-state index is 0.00123. The maximum atomic E-state index is 12.2. The molecule has 1 fully saturated rings. The zero-order valence-electron chi connectivity index (χ0n) is 11.3. The number of aliphatic hydroxyl groups excluding tert-OH is 1. The quantitative estimate of drug-likeness (QED) is 0.730. The number of hydrogen-bond acceptors (Lipinski definition) is 3. The summed E-state index contributed by atoms with van der Waals surface area (Å²) in [4.78, 5) is 14.1. The molecule has 1 unspecified atom stereocenters. The fourth-order valence-corrected chi connectivity index (χ4v) is 2.43. The highest BCUT2D eigenvalue weighted by molar-refractivity contribution is 5.82. The van der Waals surface area contributed by atoms with Gasteiger partial charge in [0.2, 0.25) is 5.91 Å². The number of rotatable bonds is 6. The molecule has 1 heterocycles. The van der Waals surface area contributed by atoms with Crippen LogP contribution >= 0.6 is 0 Å². The molecule has 0 radical (unpaired) electrons. The zero-order valence-corrected chi connectivity index (χ0v) is 11.3. The van der Waals surface area contributed by atoms with Crippen molar-refractivity contribution >= 4 is 5.91 Å². The maximum Gasteiger partial charge on any atom is 0.239 e. The van der Waals surface area contributed by atoms with E-state index in [-0.39, 0.29) is 24.0 Å². The molecule has 0 spiro atoms. The SMILES string of the molecule is CCNC1CCCN(CC(C)(C)CCO)C1=O. The van der Waals surface area contributed by atoms with Crippen molar-refractivity contribution in [2.45, 2.75) is 46.1 Å². The molecule has 1 aliphatic rings. The molecule has 0 bridgehead atoms. The van der Waals surface area contributed by atoms with Gasteiger partial charge in [-0.15, -0.1) is 0 Å². The number of amides is 1. The molecule has 2 N–H and O–H groups in total. The highest BCUT2D eigenvalue weighted by Crippen LogP contribution is 2.24. The molecule has 4 nitrogen and oxygen atoms in total. The Bertz CT molecular complexity index is 252. The van der Waals surface area contributed by atoms with Gasteiger partial charge in [0.1, 0.15) is 0 Å². The molecule has 0 aromatic rings. The minimum Gasteiger partial charge on any atom is -0.396 e. The van der Waals surface area contributed by atoms with Crippen LogP contribution in [0.2, 0.25) is 0 Å². The largest absolute Gasteiger partial charge is 0.396 e. The Morgan fingerprint density at radius 3 is 2.82 bits per heavy atom. The first-order valence-electron chi connectivity index (χ1n) is 6.63. The number of piperidine rings is 1. The van der Waals surface area contributed by atoms with Crippen LogP contribution in [0.4, 0.5) is 0 Å². The molecule has 1 atom stereocenters. The first-order chi connectivity index (χ1) is 8.00. The third kappa shape index (κ3) is 4.28. The van der Waals surface area contributed by atoms with Crippen LogP contribution in [0.5, 0.6) is 0 Å². The zero-order chi connectivity index (χ0) is 12.9. The summed E-state index contributed by atoms with van der Waals surface area (Å²) < 4.78 is 0. The number of carbonyl (C=O) groups excluding carboxylic acids is 1. The van der Waals surface area contributed by atoms with Crippen LogP contribution in [-0.4, -0.2) is 48.2 Å². The van der Waals surface area contributed by atoms with Crippen molar-refractivity contribution in [3.63, 3.8) is 0 Å². The molecule has 17 heavy (non-hydrogen) atoms. The number of nitrogens with zero attached hydrogens (tertiary/aromatic N) is 1. The van der Waals surface area contributed by atoms with E-state index in [1.165, 1.54) is 0 Å². The highest BCUT2D eigenvalue weighted by atomic mass is 16.3. The van der Waals surface area contributed by atoms with E-state index in [1.54, 1.807) is 0 Å². The smallest absolute Gasteiger partial charge is 0.239 e. The van der Waals surface area contributed by atoms with Crippen LogP contribution < -0.4 is 5.32 Å². The van der Waals surface area contributed by atoms with Gasteiger partial charge in [0.15, 0.2) is 0 Å². The first kappa shape index (κ1) is 14.5. The second-order valence-electron chi connectivity index (χ2n) is 5.65. The number of likely N-dealkylation sites (N-methyl/N-ethyl adjacent to an activating group) is 1. The van der Waals surface area contributed by atoms with Gasteiger partial charge in [-0.2, -0.15) is 0 Å². The first-order valence-corrected chi connectivity index (χ1v) is 6.63. The Morgan fingerprint density at radius 2 is 2.24 bits per heavy atom. The van der Waals surface area contributed by atoms with Gasteiger partial charge in [-0.1, -0.05) is 20.8 Å². The lowest BCUT2D eigenvalue weighted by Crippen LogP contribution is -2.52. The van der Waals surface area contributed by atoms with E-state index in [4.69, 9.17) is 5.11 Å². The Labute approximate surface area is 104 Å². The van der Waals surface area contributed by atoms with E-state index in [0.717, 1.165) is 38.9 Å². The monoisotopic (exact) mass is 242 g/mol. The van der Waals surface area contributed by atoms with Crippen molar-refractivity contribution in [2.75, 3.05) is 26.2 Å². The lowest BCUT2D eigenvalue weighted by Gasteiger charge is -2.37. The van der Waals surface area contributed by atoms with E-state index < -0.39 is 0 Å². The van der Waals surface area contributed by atoms with Gasteiger partial charge < -0.3 is 15.3 Å². The second kappa shape index (κ2) is 6.36. The summed E-state index contributed by atoms with van der Waals surface area (Å²) in [7, 11) is 0. The topological polar surface area (TPSA) is 52.6 Å². The number of nitrogens with one attached hydrogen (secondary N) is 1. The molecule has 0 aliphatic carbocycles. The normalized spacial score (nSPS) is 22.0. The molecular weight excluding hydrogens is 216 g/mol. The van der Waals surface area contributed by atoms with Crippen molar-refractivity contribution in [1.82, 2.24) is 10.2 Å². The standard InChI is InChI=1S/C13H26N2O2/c1-4-14-11-6-5-8-15(12(11)17)10-13(2,3)7-9-16/h11,14,16H,4-10H2,1-3H3. The van der Waals surface area contributed by atoms with Crippen LogP contribution in [0.1, 0.15) is 40.0 Å². The molecule has 4 heteroatoms. The lowest BCUT2D eigenvalue weighted by molar-refractivity contribution is -0.137. The Hall–Kier alpha value is -0.610. The van der Waals surface area contributed by atoms with Crippen molar-refractivity contribution in [3.05, 3.63) is 0 Å². The summed E-state index contributed by atoms with van der Waals surface area (Å²) in [6.07, 6.45) is 2.75. The predicted molar refractivity (Wildman–Crippen MR) is 68.8 cm³/mol. The summed E-state index contributed by atoms with van der Waals surface area (Å²) in [5.74, 6) is 0.226. The molecule has 1 saturated heterocycles. The number of carbonyl (C=O) groups is 1. The molecule has 0 saturated carbocycles. The predicted octanol–water partition coefficient (Wildman–Crippen LogP) is 0.995. The molecule has 0 aromatic heterocycles. The lowest BCUT2D eigenvalue weighted by atomic mass is 9.88. The van der Waals surface area contributed by atoms with E-state index in [0.29, 0.717) is 0 Å². The van der Waals surface area contributed by atoms with E-state index >= 15 is 0 Å². The summed E-state index contributed by atoms with van der Waals surface area (Å²) in [5.41, 5.74) is -0.00147. The molecule has 0 aromatic carbocycles. The van der Waals surface area contributed by atoms with E-state index in [9.17, 15) is 4.79 Å². The molecule has 1 aliphatic heterocycles. The average molecular weight is 242 g/mol. The van der Waals surface area contributed by atoms with Gasteiger partial charge in [0.25, 0.3) is 0 Å². The van der Waals surface area contributed by atoms with Gasteiger partial charge in [0.05, 0.1) is 6.04 Å². The Morgan fingerprint density at radius 1 is 1.53 bits per heavy atom. The van der Waals surface area contributed by atoms with Crippen LogP contribution in [-0.2, 0) is 4.79 Å². The molecular formula is C13H26N2O2. The van der Waals surface area contributed by atoms with Crippen LogP contribution in [0.15, 0.2) is 0 Å². The van der Waals surface area contributed by atoms with Gasteiger partial charge >= 0.3 is 0 Å². The molecule has 100 valence electrons. The third-order valence-electron chi connectivity index (χ3n) is 3.39. The molecule has 1 amide bonds. The number of aliphatic hydroxyl groups is 1. The fourth-order valence-electron chi connectivity index (χ4n) is 2.43. The Kier molecular flexibility index (Phi) is 5.40. The molecule has 1 rings (SSSR count). The fraction of sp³-hybridized carbons (Fsp3) is 0.923. The van der Waals surface area contributed by atoms with Crippen molar-refractivity contribution in [2.24, 2.45) is 5.41 Å². The highest BCUT2D eigenvalue weighted by Gasteiger charge is 2.31. The van der Waals surface area contributed by atoms with Crippen LogP contribution in [0, 0.1) is 5.41 Å². The maximum absolute atomic E-state index is 12.2. The Balaban J connectivity index is 2.55. The van der Waals surface area contributed by atoms with Crippen molar-refractivity contribution in [3.8, 4) is 0 Å². The van der Waals surface area contributed by atoms with Crippen LogP contribution in [0.3, 0.4) is 0 Å². The average Bonchev–Trinajstić information content (AvgIpc) is 2.24. The van der Waals surface area contributed by atoms with Crippen molar-refractivity contribution < 1.29 is 9.90 Å². The van der Waals surface area contributed by atoms with Crippen molar-refractivity contribution in [1.29, 1.82) is 0 Å². The summed E-state index contributed by atoms with van der Waals surface area (Å²) in [5, 5.41) is 12.3. The van der Waals surface area contributed by atoms with E-state index in [2.05, 4.69) is 19.2 Å². The summed E-state index contributed by atoms with van der Waals surface area (Å²) in [6, 6.07) is -0.00123. The number of hydrogen-bond donors (Lipinski definition) is 2. The number of likely N-dealkylation sites (tertiary alicyclic amines) is 1. The van der Waals surface area contributed by atoms with E-state index in [1.807, 2.05) is 11.8 Å². The summed E-state index contributed by atoms with van der Waals surface area (Å²) in [6.45, 7) is 8.86. The van der Waals surface area contributed by atoms with Gasteiger partial charge in [-0.25, -0.2) is 0 Å². The van der Waals surface area contributed by atoms with Gasteiger partial charge in [0, 0.05) is 19.7 Å². The second-order valence-corrected chi connectivity index (χ2v) is 5.65. The van der Waals surface area contributed by atoms with Gasteiger partial charge in [-0.3, -0.25) is 4.79 Å². The van der Waals surface area contributed by atoms with Gasteiger partial charge in [-0.05, 0) is 31.2 Å².